The zero-order chi connectivity index (χ0) is 11.1. The van der Waals surface area contributed by atoms with Gasteiger partial charge >= 0.3 is 0 Å². The van der Waals surface area contributed by atoms with Crippen molar-refractivity contribution in [3.05, 3.63) is 0 Å². The first-order valence-corrected chi connectivity index (χ1v) is 7.60. The average molecular weight is 230 g/mol. The topological polar surface area (TPSA) is 29.3 Å². The maximum Gasteiger partial charge on any atom is 0.0218 e. The summed E-state index contributed by atoms with van der Waals surface area (Å²) in [6.45, 7) is 5.73. The minimum absolute atomic E-state index is 0.643. The number of hydrogen-bond acceptors (Lipinski definition) is 3. The minimum Gasteiger partial charge on any atom is -0.329 e. The summed E-state index contributed by atoms with van der Waals surface area (Å²) in [6, 6.07) is 0.643. The van der Waals surface area contributed by atoms with Crippen LogP contribution in [0.4, 0.5) is 0 Å². The van der Waals surface area contributed by atoms with Crippen LogP contribution in [0.25, 0.3) is 0 Å². The summed E-state index contributed by atoms with van der Waals surface area (Å²) < 4.78 is 0. The first-order valence-electron chi connectivity index (χ1n) is 6.21. The molecule has 0 radical (unpaired) electrons. The zero-order valence-electron chi connectivity index (χ0n) is 10.2. The van der Waals surface area contributed by atoms with Gasteiger partial charge in [0.2, 0.25) is 0 Å². The Morgan fingerprint density at radius 1 is 1.40 bits per heavy atom. The SMILES string of the molecule is CSCCCC(CN)N1CCC(C)CC1. The lowest BCUT2D eigenvalue weighted by molar-refractivity contribution is 0.134. The second-order valence-electron chi connectivity index (χ2n) is 4.74. The summed E-state index contributed by atoms with van der Waals surface area (Å²) >= 11 is 1.94. The Morgan fingerprint density at radius 3 is 2.60 bits per heavy atom. The molecule has 1 atom stereocenters. The molecule has 0 aromatic carbocycles. The van der Waals surface area contributed by atoms with E-state index in [9.17, 15) is 0 Å². The molecule has 0 spiro atoms. The monoisotopic (exact) mass is 230 g/mol. The first kappa shape index (κ1) is 13.3. The smallest absolute Gasteiger partial charge is 0.0218 e. The Bertz CT molecular complexity index is 156. The van der Waals surface area contributed by atoms with Gasteiger partial charge in [0.05, 0.1) is 0 Å². The molecule has 1 heterocycles. The lowest BCUT2D eigenvalue weighted by atomic mass is 9.97. The lowest BCUT2D eigenvalue weighted by Crippen LogP contribution is -2.44. The Labute approximate surface area is 99.0 Å². The van der Waals surface area contributed by atoms with Crippen molar-refractivity contribution in [2.75, 3.05) is 31.6 Å². The highest BCUT2D eigenvalue weighted by molar-refractivity contribution is 7.98. The normalized spacial score (nSPS) is 21.8. The van der Waals surface area contributed by atoms with Gasteiger partial charge in [-0.05, 0) is 56.7 Å². The van der Waals surface area contributed by atoms with E-state index >= 15 is 0 Å². The molecule has 1 saturated heterocycles. The van der Waals surface area contributed by atoms with Crippen molar-refractivity contribution < 1.29 is 0 Å². The highest BCUT2D eigenvalue weighted by Gasteiger charge is 2.21. The summed E-state index contributed by atoms with van der Waals surface area (Å²) in [7, 11) is 0. The maximum atomic E-state index is 5.87. The molecule has 0 amide bonds. The van der Waals surface area contributed by atoms with Crippen LogP contribution in [-0.4, -0.2) is 42.6 Å². The molecule has 1 unspecified atom stereocenters. The number of nitrogens with zero attached hydrogens (tertiary/aromatic N) is 1. The first-order chi connectivity index (χ1) is 7.27. The zero-order valence-corrected chi connectivity index (χ0v) is 11.1. The number of thioether (sulfide) groups is 1. The third kappa shape index (κ3) is 4.75. The summed E-state index contributed by atoms with van der Waals surface area (Å²) in [4.78, 5) is 2.61. The highest BCUT2D eigenvalue weighted by Crippen LogP contribution is 2.19. The van der Waals surface area contributed by atoms with Crippen molar-refractivity contribution in [2.24, 2.45) is 11.7 Å². The molecule has 90 valence electrons. The quantitative estimate of drug-likeness (QED) is 0.709. The molecule has 0 bridgehead atoms. The van der Waals surface area contributed by atoms with Crippen molar-refractivity contribution >= 4 is 11.8 Å². The van der Waals surface area contributed by atoms with Gasteiger partial charge in [-0.25, -0.2) is 0 Å². The number of piperidine rings is 1. The van der Waals surface area contributed by atoms with Gasteiger partial charge in [-0.15, -0.1) is 0 Å². The Balaban J connectivity index is 2.24. The van der Waals surface area contributed by atoms with Gasteiger partial charge in [0, 0.05) is 12.6 Å². The molecule has 1 aliphatic heterocycles. The second-order valence-corrected chi connectivity index (χ2v) is 5.73. The highest BCUT2D eigenvalue weighted by atomic mass is 32.2. The van der Waals surface area contributed by atoms with Gasteiger partial charge in [-0.2, -0.15) is 11.8 Å². The summed E-state index contributed by atoms with van der Waals surface area (Å²) in [5.41, 5.74) is 5.87. The van der Waals surface area contributed by atoms with Crippen molar-refractivity contribution in [3.8, 4) is 0 Å². The molecule has 2 N–H and O–H groups in total. The molecular formula is C12H26N2S. The fourth-order valence-electron chi connectivity index (χ4n) is 2.31. The molecular weight excluding hydrogens is 204 g/mol. The van der Waals surface area contributed by atoms with Crippen LogP contribution in [0.1, 0.15) is 32.6 Å². The molecule has 2 nitrogen and oxygen atoms in total. The largest absolute Gasteiger partial charge is 0.329 e. The fourth-order valence-corrected chi connectivity index (χ4v) is 2.76. The number of nitrogens with two attached hydrogens (primary N) is 1. The molecule has 0 saturated carbocycles. The van der Waals surface area contributed by atoms with E-state index in [1.54, 1.807) is 0 Å². The van der Waals surface area contributed by atoms with E-state index in [2.05, 4.69) is 18.1 Å². The van der Waals surface area contributed by atoms with E-state index < -0.39 is 0 Å². The number of hydrogen-bond donors (Lipinski definition) is 1. The van der Waals surface area contributed by atoms with E-state index in [0.29, 0.717) is 6.04 Å². The predicted octanol–water partition coefficient (Wildman–Crippen LogP) is 2.19. The van der Waals surface area contributed by atoms with Gasteiger partial charge in [0.1, 0.15) is 0 Å². The molecule has 1 rings (SSSR count). The number of likely N-dealkylation sites (tertiary alicyclic amines) is 1. The molecule has 0 aliphatic carbocycles. The summed E-state index contributed by atoms with van der Waals surface area (Å²) in [5.74, 6) is 2.20. The third-order valence-corrected chi connectivity index (χ3v) is 4.19. The van der Waals surface area contributed by atoms with Gasteiger partial charge in [-0.1, -0.05) is 6.92 Å². The molecule has 15 heavy (non-hydrogen) atoms. The van der Waals surface area contributed by atoms with E-state index in [-0.39, 0.29) is 0 Å². The third-order valence-electron chi connectivity index (χ3n) is 3.49. The van der Waals surface area contributed by atoms with Crippen molar-refractivity contribution in [1.29, 1.82) is 0 Å². The van der Waals surface area contributed by atoms with Crippen molar-refractivity contribution in [3.63, 3.8) is 0 Å². The Morgan fingerprint density at radius 2 is 2.07 bits per heavy atom. The fraction of sp³-hybridized carbons (Fsp3) is 1.00. The predicted molar refractivity (Wildman–Crippen MR) is 70.4 cm³/mol. The van der Waals surface area contributed by atoms with Crippen LogP contribution in [0.2, 0.25) is 0 Å². The number of rotatable bonds is 6. The summed E-state index contributed by atoms with van der Waals surface area (Å²) in [6.07, 6.45) is 7.50. The summed E-state index contributed by atoms with van der Waals surface area (Å²) in [5, 5.41) is 0. The van der Waals surface area contributed by atoms with Crippen LogP contribution in [0.15, 0.2) is 0 Å². The van der Waals surface area contributed by atoms with Crippen molar-refractivity contribution in [1.82, 2.24) is 4.90 Å². The van der Waals surface area contributed by atoms with Crippen LogP contribution in [0.5, 0.6) is 0 Å². The van der Waals surface area contributed by atoms with E-state index in [4.69, 9.17) is 5.73 Å². The van der Waals surface area contributed by atoms with Crippen LogP contribution < -0.4 is 5.73 Å². The molecule has 3 heteroatoms. The van der Waals surface area contributed by atoms with E-state index in [1.165, 1.54) is 44.5 Å². The van der Waals surface area contributed by atoms with Gasteiger partial charge in [0.25, 0.3) is 0 Å². The van der Waals surface area contributed by atoms with E-state index in [0.717, 1.165) is 12.5 Å². The maximum absolute atomic E-state index is 5.87. The van der Waals surface area contributed by atoms with Crippen LogP contribution in [0, 0.1) is 5.92 Å². The van der Waals surface area contributed by atoms with Crippen LogP contribution in [0.3, 0.4) is 0 Å². The van der Waals surface area contributed by atoms with Gasteiger partial charge in [0.15, 0.2) is 0 Å². The average Bonchev–Trinajstić information content (AvgIpc) is 2.26. The Hall–Kier alpha value is 0.270. The van der Waals surface area contributed by atoms with Gasteiger partial charge in [-0.3, -0.25) is 4.90 Å². The second kappa shape index (κ2) is 7.53. The molecule has 1 aliphatic rings. The lowest BCUT2D eigenvalue weighted by Gasteiger charge is -2.36. The molecule has 0 aromatic heterocycles. The van der Waals surface area contributed by atoms with Crippen LogP contribution >= 0.6 is 11.8 Å². The Kier molecular flexibility index (Phi) is 6.69. The molecule has 1 fully saturated rings. The minimum atomic E-state index is 0.643. The van der Waals surface area contributed by atoms with Gasteiger partial charge < -0.3 is 5.73 Å². The van der Waals surface area contributed by atoms with Crippen molar-refractivity contribution in [2.45, 2.75) is 38.6 Å². The molecule has 0 aromatic rings. The van der Waals surface area contributed by atoms with E-state index in [1.807, 2.05) is 11.8 Å². The standard InChI is InChI=1S/C12H26N2S/c1-11-5-7-14(8-6-11)12(10-13)4-3-9-15-2/h11-12H,3-10,13H2,1-2H3. The van der Waals surface area contributed by atoms with Crippen LogP contribution in [-0.2, 0) is 0 Å².